The molecule has 0 saturated carbocycles. The number of alkyl carbamates (subject to hydrolysis) is 1. The molecule has 0 aliphatic carbocycles. The van der Waals surface area contributed by atoms with Gasteiger partial charge in [-0.05, 0) is 53.9 Å². The molecule has 0 unspecified atom stereocenters. The third-order valence-corrected chi connectivity index (χ3v) is 4.97. The number of ether oxygens (including phenoxy) is 2. The van der Waals surface area contributed by atoms with Gasteiger partial charge < -0.3 is 29.6 Å². The van der Waals surface area contributed by atoms with Crippen molar-refractivity contribution < 1.29 is 14.3 Å². The van der Waals surface area contributed by atoms with Crippen molar-refractivity contribution in [1.82, 2.24) is 30.3 Å². The highest BCUT2D eigenvalue weighted by Gasteiger charge is 2.22. The Morgan fingerprint density at radius 2 is 1.91 bits per heavy atom. The second-order valence-corrected chi connectivity index (χ2v) is 8.73. The monoisotopic (exact) mass is 565 g/mol. The number of aliphatic imine (C=N–C) groups is 1. The number of amides is 1. The molecule has 1 aromatic heterocycles. The molecule has 0 atom stereocenters. The van der Waals surface area contributed by atoms with Crippen LogP contribution >= 0.6 is 24.0 Å². The summed E-state index contributed by atoms with van der Waals surface area (Å²) in [5.41, 5.74) is -0.476. The quantitative estimate of drug-likeness (QED) is 0.216. The smallest absolute Gasteiger partial charge is 0.407 e. The predicted octanol–water partition coefficient (Wildman–Crippen LogP) is 2.60. The average Bonchev–Trinajstić information content (AvgIpc) is 3.02. The van der Waals surface area contributed by atoms with Crippen molar-refractivity contribution in [3.8, 4) is 0 Å². The number of rotatable bonds is 8. The normalized spacial score (nSPS) is 15.3. The van der Waals surface area contributed by atoms with Gasteiger partial charge in [0.1, 0.15) is 18.0 Å². The molecule has 0 spiro atoms. The van der Waals surface area contributed by atoms with Crippen LogP contribution in [-0.2, 0) is 23.1 Å². The fourth-order valence-electron chi connectivity index (χ4n) is 3.22. The molecular formula is C21H40IN7O3. The van der Waals surface area contributed by atoms with E-state index in [1.165, 1.54) is 0 Å². The Bertz CT molecular complexity index is 725. The first-order chi connectivity index (χ1) is 14.7. The Balaban J connectivity index is 0.00000512. The maximum absolute atomic E-state index is 11.6. The lowest BCUT2D eigenvalue weighted by Crippen LogP contribution is -2.47. The van der Waals surface area contributed by atoms with Gasteiger partial charge in [-0.1, -0.05) is 0 Å². The average molecular weight is 566 g/mol. The summed E-state index contributed by atoms with van der Waals surface area (Å²) >= 11 is 0. The van der Waals surface area contributed by atoms with E-state index < -0.39 is 5.60 Å². The van der Waals surface area contributed by atoms with Crippen LogP contribution in [0.3, 0.4) is 0 Å². The number of carbonyl (C=O) groups excluding carboxylic acids is 1. The van der Waals surface area contributed by atoms with Gasteiger partial charge in [0.25, 0.3) is 0 Å². The Morgan fingerprint density at radius 1 is 1.22 bits per heavy atom. The van der Waals surface area contributed by atoms with E-state index in [2.05, 4.69) is 32.7 Å². The molecule has 0 bridgehead atoms. The highest BCUT2D eigenvalue weighted by Crippen LogP contribution is 2.14. The van der Waals surface area contributed by atoms with Crippen molar-refractivity contribution in [2.24, 2.45) is 12.0 Å². The van der Waals surface area contributed by atoms with Gasteiger partial charge in [0.15, 0.2) is 11.8 Å². The number of aromatic nitrogens is 3. The summed E-state index contributed by atoms with van der Waals surface area (Å²) in [6, 6.07) is 0. The highest BCUT2D eigenvalue weighted by atomic mass is 127. The summed E-state index contributed by atoms with van der Waals surface area (Å²) in [5.74, 6) is 2.64. The first kappa shape index (κ1) is 28.4. The van der Waals surface area contributed by atoms with Gasteiger partial charge in [0.05, 0.1) is 6.10 Å². The molecule has 0 aromatic carbocycles. The molecule has 2 heterocycles. The molecule has 184 valence electrons. The first-order valence-electron chi connectivity index (χ1n) is 11.2. The van der Waals surface area contributed by atoms with Gasteiger partial charge in [-0.25, -0.2) is 9.79 Å². The van der Waals surface area contributed by atoms with Crippen molar-refractivity contribution in [1.29, 1.82) is 0 Å². The maximum Gasteiger partial charge on any atom is 0.407 e. The Hall–Kier alpha value is -1.63. The standard InChI is InChI=1S/C21H39N7O3.HI/c1-7-22-19(24-15-18-26-25-16(2)27(18)6)28-12-9-17(10-13-28)30-14-8-11-23-20(29)31-21(3,4)5;/h17H,7-15H2,1-6H3,(H,22,24)(H,23,29);1H. The maximum atomic E-state index is 11.6. The zero-order valence-electron chi connectivity index (χ0n) is 20.3. The number of halogens is 1. The number of hydrogen-bond donors (Lipinski definition) is 2. The van der Waals surface area contributed by atoms with Crippen molar-refractivity contribution in [3.05, 3.63) is 11.6 Å². The van der Waals surface area contributed by atoms with Gasteiger partial charge >= 0.3 is 6.09 Å². The predicted molar refractivity (Wildman–Crippen MR) is 135 cm³/mol. The summed E-state index contributed by atoms with van der Waals surface area (Å²) in [7, 11) is 1.96. The number of likely N-dealkylation sites (tertiary alicyclic amines) is 1. The number of piperidine rings is 1. The second-order valence-electron chi connectivity index (χ2n) is 8.73. The molecule has 10 nitrogen and oxygen atoms in total. The Labute approximate surface area is 208 Å². The minimum absolute atomic E-state index is 0. The number of carbonyl (C=O) groups is 1. The van der Waals surface area contributed by atoms with Crippen LogP contribution in [0.4, 0.5) is 4.79 Å². The van der Waals surface area contributed by atoms with Crippen LogP contribution in [0.5, 0.6) is 0 Å². The minimum atomic E-state index is -0.476. The fourth-order valence-corrected chi connectivity index (χ4v) is 3.22. The third kappa shape index (κ3) is 9.88. The van der Waals surface area contributed by atoms with E-state index in [4.69, 9.17) is 14.5 Å². The number of guanidine groups is 1. The highest BCUT2D eigenvalue weighted by molar-refractivity contribution is 14.0. The molecule has 0 radical (unpaired) electrons. The van der Waals surface area contributed by atoms with Crippen molar-refractivity contribution >= 4 is 36.0 Å². The summed E-state index contributed by atoms with van der Waals surface area (Å²) < 4.78 is 13.2. The van der Waals surface area contributed by atoms with E-state index >= 15 is 0 Å². The van der Waals surface area contributed by atoms with Crippen LogP contribution in [0.2, 0.25) is 0 Å². The number of hydrogen-bond acceptors (Lipinski definition) is 6. The van der Waals surface area contributed by atoms with E-state index in [9.17, 15) is 4.79 Å². The van der Waals surface area contributed by atoms with Crippen LogP contribution in [0.1, 0.15) is 58.6 Å². The van der Waals surface area contributed by atoms with Gasteiger partial charge in [-0.15, -0.1) is 34.2 Å². The molecule has 11 heteroatoms. The zero-order chi connectivity index (χ0) is 22.9. The lowest BCUT2D eigenvalue weighted by Gasteiger charge is -2.34. The van der Waals surface area contributed by atoms with Gasteiger partial charge in [0.2, 0.25) is 0 Å². The Kier molecular flexibility index (Phi) is 12.3. The van der Waals surface area contributed by atoms with Crippen LogP contribution in [0.25, 0.3) is 0 Å². The largest absolute Gasteiger partial charge is 0.444 e. The fraction of sp³-hybridized carbons (Fsp3) is 0.810. The summed E-state index contributed by atoms with van der Waals surface area (Å²) in [6.07, 6.45) is 2.52. The van der Waals surface area contributed by atoms with Crippen molar-refractivity contribution in [2.45, 2.75) is 72.1 Å². The number of nitrogens with zero attached hydrogens (tertiary/aromatic N) is 5. The van der Waals surface area contributed by atoms with Crippen molar-refractivity contribution in [2.75, 3.05) is 32.8 Å². The van der Waals surface area contributed by atoms with Crippen LogP contribution in [0.15, 0.2) is 4.99 Å². The van der Waals surface area contributed by atoms with Crippen LogP contribution in [0, 0.1) is 6.92 Å². The van der Waals surface area contributed by atoms with Crippen LogP contribution in [-0.4, -0.2) is 76.2 Å². The van der Waals surface area contributed by atoms with E-state index in [0.29, 0.717) is 19.7 Å². The lowest BCUT2D eigenvalue weighted by molar-refractivity contribution is 0.0170. The van der Waals surface area contributed by atoms with Crippen molar-refractivity contribution in [3.63, 3.8) is 0 Å². The SMILES string of the molecule is CCNC(=NCc1nnc(C)n1C)N1CCC(OCCCNC(=O)OC(C)(C)C)CC1.I. The molecule has 2 rings (SSSR count). The van der Waals surface area contributed by atoms with E-state index in [-0.39, 0.29) is 36.2 Å². The molecule has 1 aliphatic rings. The molecule has 1 fully saturated rings. The molecule has 1 amide bonds. The van der Waals surface area contributed by atoms with Gasteiger partial charge in [-0.2, -0.15) is 0 Å². The first-order valence-corrected chi connectivity index (χ1v) is 11.2. The molecule has 1 aromatic rings. The lowest BCUT2D eigenvalue weighted by atomic mass is 10.1. The van der Waals surface area contributed by atoms with E-state index in [1.807, 2.05) is 39.3 Å². The van der Waals surface area contributed by atoms with Crippen LogP contribution < -0.4 is 10.6 Å². The summed E-state index contributed by atoms with van der Waals surface area (Å²) in [5, 5.41) is 14.4. The molecule has 1 saturated heterocycles. The Morgan fingerprint density at radius 3 is 2.47 bits per heavy atom. The topological polar surface area (TPSA) is 106 Å². The second kappa shape index (κ2) is 13.8. The third-order valence-electron chi connectivity index (χ3n) is 4.97. The molecule has 32 heavy (non-hydrogen) atoms. The molecular weight excluding hydrogens is 525 g/mol. The molecule has 1 aliphatic heterocycles. The molecule has 2 N–H and O–H groups in total. The van der Waals surface area contributed by atoms with E-state index in [0.717, 1.165) is 56.5 Å². The van der Waals surface area contributed by atoms with E-state index in [1.54, 1.807) is 0 Å². The summed E-state index contributed by atoms with van der Waals surface area (Å²) in [6.45, 7) is 13.8. The zero-order valence-corrected chi connectivity index (χ0v) is 22.6. The van der Waals surface area contributed by atoms with Gasteiger partial charge in [-0.3, -0.25) is 0 Å². The minimum Gasteiger partial charge on any atom is -0.444 e. The number of aryl methyl sites for hydroxylation is 1. The number of nitrogens with one attached hydrogen (secondary N) is 2. The summed E-state index contributed by atoms with van der Waals surface area (Å²) in [4.78, 5) is 18.7. The van der Waals surface area contributed by atoms with Gasteiger partial charge in [0, 0.05) is 39.8 Å².